The largest absolute Gasteiger partial charge is 0.368 e. The van der Waals surface area contributed by atoms with Gasteiger partial charge in [0.25, 0.3) is 5.56 Å². The molecule has 1 aliphatic carbocycles. The number of hydrogen-bond donors (Lipinski definition) is 1. The Morgan fingerprint density at radius 3 is 2.56 bits per heavy atom. The highest BCUT2D eigenvalue weighted by Crippen LogP contribution is 2.41. The van der Waals surface area contributed by atoms with Crippen molar-refractivity contribution in [2.45, 2.75) is 63.2 Å². The Bertz CT molecular complexity index is 725. The predicted molar refractivity (Wildman–Crippen MR) is 110 cm³/mol. The van der Waals surface area contributed by atoms with E-state index in [1.807, 2.05) is 6.26 Å². The number of nitrogens with two attached hydrogens (primary N) is 1. The molecule has 1 amide bonds. The number of carbonyl (C=O) groups is 1. The first kappa shape index (κ1) is 20.4. The summed E-state index contributed by atoms with van der Waals surface area (Å²) in [5, 5.41) is 4.67. The fourth-order valence-electron chi connectivity index (χ4n) is 3.81. The van der Waals surface area contributed by atoms with Crippen molar-refractivity contribution in [3.63, 3.8) is 0 Å². The molecule has 1 saturated heterocycles. The van der Waals surface area contributed by atoms with Crippen molar-refractivity contribution in [2.24, 2.45) is 11.7 Å². The monoisotopic (exact) mass is 392 g/mol. The molecule has 0 spiro atoms. The topological polar surface area (TPSA) is 81.2 Å². The van der Waals surface area contributed by atoms with Crippen LogP contribution >= 0.6 is 11.8 Å². The highest BCUT2D eigenvalue weighted by atomic mass is 32.2. The molecule has 3 rings (SSSR count). The molecule has 1 aromatic rings. The van der Waals surface area contributed by atoms with E-state index < -0.39 is 11.9 Å². The molecule has 2 heterocycles. The summed E-state index contributed by atoms with van der Waals surface area (Å²) in [4.78, 5) is 27.6. The Hall–Kier alpha value is -1.34. The van der Waals surface area contributed by atoms with Gasteiger partial charge >= 0.3 is 0 Å². The number of carbonyl (C=O) groups excluding carboxylic acids is 1. The zero-order valence-corrected chi connectivity index (χ0v) is 17.5. The number of hydrogen-bond acceptors (Lipinski definition) is 5. The fraction of sp³-hybridized carbons (Fsp3) is 0.750. The summed E-state index contributed by atoms with van der Waals surface area (Å²) in [6.07, 6.45) is 7.12. The van der Waals surface area contributed by atoms with Crippen molar-refractivity contribution in [2.75, 3.05) is 25.9 Å². The number of primary amides is 1. The van der Waals surface area contributed by atoms with Gasteiger partial charge in [-0.05, 0) is 62.4 Å². The lowest BCUT2D eigenvalue weighted by Gasteiger charge is -2.31. The third kappa shape index (κ3) is 4.93. The first-order valence-electron chi connectivity index (χ1n) is 10.1. The van der Waals surface area contributed by atoms with Gasteiger partial charge in [-0.1, -0.05) is 13.8 Å². The van der Waals surface area contributed by atoms with Gasteiger partial charge in [-0.2, -0.15) is 16.9 Å². The molecule has 2 fully saturated rings. The Labute approximate surface area is 165 Å². The second-order valence-corrected chi connectivity index (χ2v) is 9.38. The lowest BCUT2D eigenvalue weighted by atomic mass is 10.0. The van der Waals surface area contributed by atoms with Gasteiger partial charge in [0.05, 0.1) is 5.69 Å². The third-order valence-corrected chi connectivity index (χ3v) is 6.67. The summed E-state index contributed by atoms with van der Waals surface area (Å²) in [7, 11) is 0. The van der Waals surface area contributed by atoms with Crippen LogP contribution in [0, 0.1) is 5.92 Å². The summed E-state index contributed by atoms with van der Waals surface area (Å²) in [6.45, 7) is 7.49. The van der Waals surface area contributed by atoms with E-state index in [9.17, 15) is 9.59 Å². The van der Waals surface area contributed by atoms with E-state index >= 15 is 0 Å². The van der Waals surface area contributed by atoms with E-state index in [0.29, 0.717) is 11.8 Å². The first-order chi connectivity index (χ1) is 12.9. The number of rotatable bonds is 10. The zero-order chi connectivity index (χ0) is 19.6. The van der Waals surface area contributed by atoms with Gasteiger partial charge in [-0.3, -0.25) is 9.59 Å². The van der Waals surface area contributed by atoms with Crippen molar-refractivity contribution in [1.82, 2.24) is 14.7 Å². The van der Waals surface area contributed by atoms with Crippen LogP contribution in [0.4, 0.5) is 0 Å². The summed E-state index contributed by atoms with van der Waals surface area (Å²) < 4.78 is 1.38. The summed E-state index contributed by atoms with van der Waals surface area (Å²) in [5.74, 6) is 0.402. The van der Waals surface area contributed by atoms with Gasteiger partial charge < -0.3 is 10.6 Å². The highest BCUT2D eigenvalue weighted by molar-refractivity contribution is 7.99. The molecule has 6 nitrogen and oxygen atoms in total. The van der Waals surface area contributed by atoms with Crippen LogP contribution in [0.2, 0.25) is 0 Å². The molecule has 0 bridgehead atoms. The molecule has 150 valence electrons. The van der Waals surface area contributed by atoms with Crippen molar-refractivity contribution in [3.05, 3.63) is 27.7 Å². The maximum absolute atomic E-state index is 12.9. The molecule has 2 atom stereocenters. The first-order valence-corrected chi connectivity index (χ1v) is 11.4. The normalized spacial score (nSPS) is 19.7. The van der Waals surface area contributed by atoms with Gasteiger partial charge in [0.15, 0.2) is 0 Å². The molecule has 0 radical (unpaired) electrons. The number of aromatic nitrogens is 2. The number of likely N-dealkylation sites (tertiary alicyclic amines) is 1. The summed E-state index contributed by atoms with van der Waals surface area (Å²) >= 11 is 1.59. The second kappa shape index (κ2) is 8.78. The van der Waals surface area contributed by atoms with Gasteiger partial charge in [0.2, 0.25) is 5.91 Å². The average Bonchev–Trinajstić information content (AvgIpc) is 3.39. The van der Waals surface area contributed by atoms with Crippen LogP contribution in [-0.2, 0) is 11.2 Å². The minimum atomic E-state index is -0.703. The van der Waals surface area contributed by atoms with Gasteiger partial charge in [0, 0.05) is 24.3 Å². The zero-order valence-electron chi connectivity index (χ0n) is 16.7. The maximum Gasteiger partial charge on any atom is 0.267 e. The molecule has 2 aliphatic rings. The Morgan fingerprint density at radius 2 is 2.07 bits per heavy atom. The van der Waals surface area contributed by atoms with Crippen LogP contribution < -0.4 is 11.3 Å². The van der Waals surface area contributed by atoms with Gasteiger partial charge in [-0.25, -0.2) is 4.68 Å². The SMILES string of the molecule is CSC(CC(C)C)C(C(N)=O)n1nc(CCN2CCC2)c(C2CC2)cc1=O. The minimum Gasteiger partial charge on any atom is -0.368 e. The molecular formula is C20H32N4O2S. The van der Waals surface area contributed by atoms with Crippen LogP contribution in [0.25, 0.3) is 0 Å². The Balaban J connectivity index is 1.93. The van der Waals surface area contributed by atoms with Crippen LogP contribution in [0.5, 0.6) is 0 Å². The lowest BCUT2D eigenvalue weighted by molar-refractivity contribution is -0.121. The number of thioether (sulfide) groups is 1. The van der Waals surface area contributed by atoms with Crippen molar-refractivity contribution < 1.29 is 4.79 Å². The standard InChI is InChI=1S/C20H32N4O2S/c1-13(2)11-17(27-3)19(20(21)26)24-18(25)12-15(14-5-6-14)16(22-24)7-10-23-8-4-9-23/h12-14,17,19H,4-11H2,1-3H3,(H2,21,26). The highest BCUT2D eigenvalue weighted by Gasteiger charge is 2.33. The quantitative estimate of drug-likeness (QED) is 0.660. The van der Waals surface area contributed by atoms with Crippen LogP contribution in [0.15, 0.2) is 10.9 Å². The molecule has 1 aromatic heterocycles. The van der Waals surface area contributed by atoms with E-state index in [4.69, 9.17) is 10.8 Å². The molecular weight excluding hydrogens is 360 g/mol. The van der Waals surface area contributed by atoms with Crippen molar-refractivity contribution in [3.8, 4) is 0 Å². The van der Waals surface area contributed by atoms with Crippen LogP contribution in [-0.4, -0.2) is 51.7 Å². The molecule has 1 aliphatic heterocycles. The molecule has 0 aromatic carbocycles. The number of amides is 1. The average molecular weight is 393 g/mol. The van der Waals surface area contributed by atoms with Crippen LogP contribution in [0.3, 0.4) is 0 Å². The molecule has 27 heavy (non-hydrogen) atoms. The summed E-state index contributed by atoms with van der Waals surface area (Å²) in [6, 6.07) is 1.02. The number of nitrogens with zero attached hydrogens (tertiary/aromatic N) is 3. The van der Waals surface area contributed by atoms with Gasteiger partial charge in [0.1, 0.15) is 6.04 Å². The minimum absolute atomic E-state index is 0.0530. The predicted octanol–water partition coefficient (Wildman–Crippen LogP) is 2.17. The van der Waals surface area contributed by atoms with E-state index in [-0.39, 0.29) is 10.8 Å². The Kier molecular flexibility index (Phi) is 6.63. The maximum atomic E-state index is 12.9. The van der Waals surface area contributed by atoms with E-state index in [1.54, 1.807) is 17.8 Å². The smallest absolute Gasteiger partial charge is 0.267 e. The summed E-state index contributed by atoms with van der Waals surface area (Å²) in [5.41, 5.74) is 7.60. The fourth-order valence-corrected chi connectivity index (χ4v) is 4.89. The molecule has 2 unspecified atom stereocenters. The molecule has 7 heteroatoms. The van der Waals surface area contributed by atoms with Crippen molar-refractivity contribution in [1.29, 1.82) is 0 Å². The molecule has 1 saturated carbocycles. The van der Waals surface area contributed by atoms with Crippen molar-refractivity contribution >= 4 is 17.7 Å². The van der Waals surface area contributed by atoms with Gasteiger partial charge in [-0.15, -0.1) is 0 Å². The second-order valence-electron chi connectivity index (χ2n) is 8.30. The van der Waals surface area contributed by atoms with E-state index in [1.165, 1.54) is 11.1 Å². The van der Waals surface area contributed by atoms with Crippen LogP contribution in [0.1, 0.15) is 62.7 Å². The van der Waals surface area contributed by atoms with E-state index in [0.717, 1.165) is 56.6 Å². The Morgan fingerprint density at radius 1 is 1.37 bits per heavy atom. The lowest BCUT2D eigenvalue weighted by Crippen LogP contribution is -2.42. The molecule has 2 N–H and O–H groups in total. The van der Waals surface area contributed by atoms with E-state index in [2.05, 4.69) is 18.7 Å². The third-order valence-electron chi connectivity index (χ3n) is 5.61.